The summed E-state index contributed by atoms with van der Waals surface area (Å²) >= 11 is 0. The maximum absolute atomic E-state index is 8.82. The number of nitrogens with zero attached hydrogens (tertiary/aromatic N) is 3. The Bertz CT molecular complexity index is 642. The minimum absolute atomic E-state index is 0.213. The molecule has 0 atom stereocenters. The third-order valence-electron chi connectivity index (χ3n) is 2.71. The number of nitriles is 1. The van der Waals surface area contributed by atoms with Crippen molar-refractivity contribution in [2.75, 3.05) is 18.9 Å². The molecule has 0 radical (unpaired) electrons. The summed E-state index contributed by atoms with van der Waals surface area (Å²) in [6, 6.07) is 7.40. The van der Waals surface area contributed by atoms with Crippen LogP contribution in [0.5, 0.6) is 11.5 Å². The van der Waals surface area contributed by atoms with Gasteiger partial charge in [0.25, 0.3) is 0 Å². The van der Waals surface area contributed by atoms with Crippen LogP contribution in [0.3, 0.4) is 0 Å². The third kappa shape index (κ3) is 1.53. The lowest BCUT2D eigenvalue weighted by atomic mass is 10.2. The number of nitrogen functional groups attached to an aromatic ring is 1. The van der Waals surface area contributed by atoms with Crippen LogP contribution in [0.15, 0.2) is 24.5 Å². The van der Waals surface area contributed by atoms with E-state index in [1.807, 2.05) is 24.3 Å². The monoisotopic (exact) mass is 242 g/mol. The number of ether oxygens (including phenoxy) is 2. The van der Waals surface area contributed by atoms with Crippen LogP contribution in [0, 0.1) is 11.3 Å². The summed E-state index contributed by atoms with van der Waals surface area (Å²) in [6.07, 6.45) is 1.51. The number of nitrogens with two attached hydrogens (primary N) is 1. The molecule has 6 nitrogen and oxygen atoms in total. The molecule has 0 amide bonds. The molecule has 0 saturated heterocycles. The second-order valence-electron chi connectivity index (χ2n) is 3.79. The molecule has 0 bridgehead atoms. The first-order valence-electron chi connectivity index (χ1n) is 5.42. The molecule has 3 rings (SSSR count). The van der Waals surface area contributed by atoms with Crippen LogP contribution in [0.25, 0.3) is 5.69 Å². The molecule has 1 aliphatic rings. The Morgan fingerprint density at radius 1 is 1.28 bits per heavy atom. The van der Waals surface area contributed by atoms with Crippen molar-refractivity contribution in [3.63, 3.8) is 0 Å². The van der Waals surface area contributed by atoms with E-state index in [0.717, 1.165) is 5.69 Å². The molecular formula is C12H10N4O2. The van der Waals surface area contributed by atoms with E-state index >= 15 is 0 Å². The number of imidazole rings is 1. The van der Waals surface area contributed by atoms with Gasteiger partial charge in [0.15, 0.2) is 17.2 Å². The second-order valence-corrected chi connectivity index (χ2v) is 3.79. The SMILES string of the molecule is N#Cc1ncn(-c2ccc3c(c2)OCCO3)c1N. The first-order chi connectivity index (χ1) is 8.79. The lowest BCUT2D eigenvalue weighted by Gasteiger charge is -2.19. The van der Waals surface area contributed by atoms with Crippen molar-refractivity contribution in [2.24, 2.45) is 0 Å². The number of benzene rings is 1. The van der Waals surface area contributed by atoms with Crippen molar-refractivity contribution in [3.05, 3.63) is 30.2 Å². The molecule has 1 aromatic carbocycles. The van der Waals surface area contributed by atoms with E-state index in [0.29, 0.717) is 30.5 Å². The number of hydrogen-bond donors (Lipinski definition) is 1. The van der Waals surface area contributed by atoms with Gasteiger partial charge in [-0.2, -0.15) is 5.26 Å². The maximum Gasteiger partial charge on any atom is 0.182 e. The number of rotatable bonds is 1. The van der Waals surface area contributed by atoms with Crippen LogP contribution in [0.2, 0.25) is 0 Å². The Labute approximate surface area is 103 Å². The summed E-state index contributed by atoms with van der Waals surface area (Å²) in [7, 11) is 0. The van der Waals surface area contributed by atoms with Gasteiger partial charge >= 0.3 is 0 Å². The standard InChI is InChI=1S/C12H10N4O2/c13-6-9-12(14)16(7-15-9)8-1-2-10-11(5-8)18-4-3-17-10/h1-2,5,7H,3-4,14H2. The molecular weight excluding hydrogens is 232 g/mol. The molecule has 2 N–H and O–H groups in total. The first-order valence-corrected chi connectivity index (χ1v) is 5.42. The van der Waals surface area contributed by atoms with Gasteiger partial charge in [-0.1, -0.05) is 0 Å². The lowest BCUT2D eigenvalue weighted by Crippen LogP contribution is -2.15. The third-order valence-corrected chi connectivity index (χ3v) is 2.71. The number of fused-ring (bicyclic) bond motifs is 1. The highest BCUT2D eigenvalue weighted by atomic mass is 16.6. The molecule has 2 heterocycles. The van der Waals surface area contributed by atoms with Crippen molar-refractivity contribution in [1.29, 1.82) is 5.26 Å². The zero-order chi connectivity index (χ0) is 12.5. The van der Waals surface area contributed by atoms with Crippen LogP contribution < -0.4 is 15.2 Å². The predicted octanol–water partition coefficient (Wildman–Crippen LogP) is 1.10. The van der Waals surface area contributed by atoms with Gasteiger partial charge in [0.1, 0.15) is 31.4 Å². The first kappa shape index (κ1) is 10.5. The van der Waals surface area contributed by atoms with Gasteiger partial charge in [0, 0.05) is 6.07 Å². The average Bonchev–Trinajstić information content (AvgIpc) is 2.79. The summed E-state index contributed by atoms with van der Waals surface area (Å²) in [5.41, 5.74) is 6.82. The highest BCUT2D eigenvalue weighted by Crippen LogP contribution is 2.32. The van der Waals surface area contributed by atoms with Gasteiger partial charge in [0.05, 0.1) is 5.69 Å². The Morgan fingerprint density at radius 2 is 2.06 bits per heavy atom. The van der Waals surface area contributed by atoms with Crippen LogP contribution in [-0.2, 0) is 0 Å². The minimum Gasteiger partial charge on any atom is -0.486 e. The predicted molar refractivity (Wildman–Crippen MR) is 63.7 cm³/mol. The van der Waals surface area contributed by atoms with Crippen LogP contribution in [0.4, 0.5) is 5.82 Å². The fourth-order valence-electron chi connectivity index (χ4n) is 1.83. The Morgan fingerprint density at radius 3 is 2.78 bits per heavy atom. The van der Waals surface area contributed by atoms with Crippen molar-refractivity contribution in [1.82, 2.24) is 9.55 Å². The van der Waals surface area contributed by atoms with Crippen molar-refractivity contribution in [3.8, 4) is 23.3 Å². The highest BCUT2D eigenvalue weighted by molar-refractivity contribution is 5.55. The van der Waals surface area contributed by atoms with Gasteiger partial charge in [-0.3, -0.25) is 4.57 Å². The Balaban J connectivity index is 2.07. The van der Waals surface area contributed by atoms with Gasteiger partial charge in [-0.15, -0.1) is 0 Å². The normalized spacial score (nSPS) is 13.1. The van der Waals surface area contributed by atoms with E-state index in [2.05, 4.69) is 4.98 Å². The Hall–Kier alpha value is -2.68. The molecule has 0 aliphatic carbocycles. The van der Waals surface area contributed by atoms with Crippen LogP contribution in [-0.4, -0.2) is 22.8 Å². The van der Waals surface area contributed by atoms with E-state index in [1.54, 1.807) is 4.57 Å². The van der Waals surface area contributed by atoms with Crippen LogP contribution in [0.1, 0.15) is 5.69 Å². The smallest absolute Gasteiger partial charge is 0.182 e. The largest absolute Gasteiger partial charge is 0.486 e. The number of anilines is 1. The topological polar surface area (TPSA) is 86.1 Å². The van der Waals surface area contributed by atoms with E-state index in [4.69, 9.17) is 20.5 Å². The Kier molecular flexibility index (Phi) is 2.31. The molecule has 6 heteroatoms. The quantitative estimate of drug-likeness (QED) is 0.809. The fourth-order valence-corrected chi connectivity index (χ4v) is 1.83. The summed E-state index contributed by atoms with van der Waals surface area (Å²) in [5, 5.41) is 8.82. The zero-order valence-electron chi connectivity index (χ0n) is 9.46. The van der Waals surface area contributed by atoms with Gasteiger partial charge < -0.3 is 15.2 Å². The molecule has 0 spiro atoms. The summed E-state index contributed by atoms with van der Waals surface area (Å²) in [5.74, 6) is 1.70. The molecule has 2 aromatic rings. The van der Waals surface area contributed by atoms with Crippen molar-refractivity contribution < 1.29 is 9.47 Å². The molecule has 90 valence electrons. The number of aromatic nitrogens is 2. The average molecular weight is 242 g/mol. The molecule has 1 aromatic heterocycles. The molecule has 18 heavy (non-hydrogen) atoms. The lowest BCUT2D eigenvalue weighted by molar-refractivity contribution is 0.171. The van der Waals surface area contributed by atoms with Crippen LogP contribution >= 0.6 is 0 Å². The number of hydrogen-bond acceptors (Lipinski definition) is 5. The fraction of sp³-hybridized carbons (Fsp3) is 0.167. The summed E-state index contributed by atoms with van der Waals surface area (Å²) in [4.78, 5) is 3.93. The van der Waals surface area contributed by atoms with E-state index < -0.39 is 0 Å². The zero-order valence-corrected chi connectivity index (χ0v) is 9.46. The summed E-state index contributed by atoms with van der Waals surface area (Å²) in [6.45, 7) is 1.08. The maximum atomic E-state index is 8.82. The van der Waals surface area contributed by atoms with Gasteiger partial charge in [-0.05, 0) is 12.1 Å². The van der Waals surface area contributed by atoms with E-state index in [1.165, 1.54) is 6.33 Å². The van der Waals surface area contributed by atoms with Crippen molar-refractivity contribution in [2.45, 2.75) is 0 Å². The van der Waals surface area contributed by atoms with E-state index in [9.17, 15) is 0 Å². The van der Waals surface area contributed by atoms with Gasteiger partial charge in [0.2, 0.25) is 0 Å². The minimum atomic E-state index is 0.213. The highest BCUT2D eigenvalue weighted by Gasteiger charge is 2.14. The van der Waals surface area contributed by atoms with Gasteiger partial charge in [-0.25, -0.2) is 4.98 Å². The molecule has 0 unspecified atom stereocenters. The summed E-state index contributed by atoms with van der Waals surface area (Å²) < 4.78 is 12.6. The molecule has 1 aliphatic heterocycles. The van der Waals surface area contributed by atoms with Crippen molar-refractivity contribution >= 4 is 5.82 Å². The second kappa shape index (κ2) is 3.96. The molecule has 0 saturated carbocycles. The van der Waals surface area contributed by atoms with E-state index in [-0.39, 0.29) is 5.69 Å². The molecule has 0 fully saturated rings.